The van der Waals surface area contributed by atoms with Crippen LogP contribution >= 0.6 is 0 Å². The molecule has 0 aliphatic heterocycles. The molecule has 0 rings (SSSR count). The van der Waals surface area contributed by atoms with Crippen LogP contribution < -0.4 is 4.72 Å². The molecule has 0 atom stereocenters. The van der Waals surface area contributed by atoms with Crippen molar-refractivity contribution in [3.05, 3.63) is 0 Å². The van der Waals surface area contributed by atoms with Crippen molar-refractivity contribution in [2.75, 3.05) is 0 Å². The quantitative estimate of drug-likeness (QED) is 0.256. The van der Waals surface area contributed by atoms with Crippen LogP contribution in [0.3, 0.4) is 0 Å². The van der Waals surface area contributed by atoms with E-state index >= 15 is 0 Å². The van der Waals surface area contributed by atoms with Crippen molar-refractivity contribution in [3.8, 4) is 0 Å². The zero-order valence-corrected chi connectivity index (χ0v) is 7.51. The van der Waals surface area contributed by atoms with Gasteiger partial charge in [0.2, 0.25) is 0 Å². The first kappa shape index (κ1) is 22.8. The summed E-state index contributed by atoms with van der Waals surface area (Å²) in [6.45, 7) is 0. The summed E-state index contributed by atoms with van der Waals surface area (Å²) < 4.78 is 36.2. The lowest BCUT2D eigenvalue weighted by Gasteiger charge is -1.68. The molecule has 0 fully saturated rings. The fourth-order valence-corrected chi connectivity index (χ4v) is 0. The summed E-state index contributed by atoms with van der Waals surface area (Å²) in [6.07, 6.45) is 0. The second-order valence-corrected chi connectivity index (χ2v) is 1.34. The van der Waals surface area contributed by atoms with E-state index in [0.717, 1.165) is 16.5 Å². The Hall–Kier alpha value is 0.282. The van der Waals surface area contributed by atoms with Crippen molar-refractivity contribution in [2.45, 2.75) is 0 Å². The predicted molar refractivity (Wildman–Crippen MR) is 34.1 cm³/mol. The van der Waals surface area contributed by atoms with Crippen molar-refractivity contribution in [1.82, 2.24) is 0 Å². The molecular weight excluding hydrogens is 169 g/mol. The lowest BCUT2D eigenvalue weighted by molar-refractivity contribution is 0.381. The minimum atomic E-state index is -4.67. The van der Waals surface area contributed by atoms with Gasteiger partial charge in [-0.25, -0.2) is 0 Å². The van der Waals surface area contributed by atoms with E-state index in [2.05, 4.69) is 4.72 Å². The van der Waals surface area contributed by atoms with Gasteiger partial charge in [0, 0.05) is 0 Å². The Morgan fingerprint density at radius 3 is 1.11 bits per heavy atom. The molecule has 0 spiro atoms. The smallest absolute Gasteiger partial charge is 0.394 e. The van der Waals surface area contributed by atoms with Gasteiger partial charge >= 0.3 is 26.9 Å². The van der Waals surface area contributed by atoms with Crippen LogP contribution in [0.1, 0.15) is 0 Å². The Morgan fingerprint density at radius 2 is 1.11 bits per heavy atom. The van der Waals surface area contributed by atoms with Gasteiger partial charge in [0.15, 0.2) is 0 Å². The molecule has 0 saturated heterocycles. The van der Waals surface area contributed by atoms with E-state index in [-0.39, 0.29) is 11.0 Å². The third-order valence-corrected chi connectivity index (χ3v) is 0. The lowest BCUT2D eigenvalue weighted by atomic mass is 13.9. The highest BCUT2D eigenvalue weighted by atomic mass is 32.3. The summed E-state index contributed by atoms with van der Waals surface area (Å²) >= 11 is 0.806. The molecule has 0 saturated carbocycles. The molecule has 0 bridgehead atoms. The zero-order valence-electron chi connectivity index (χ0n) is 4.70. The maximum Gasteiger partial charge on any atom is 0.394 e. The van der Waals surface area contributed by atoms with Crippen LogP contribution in [0, 0.1) is 0 Å². The SMILES string of the molecule is O.O.O=S(=O)(O)O.[NH2][AlH2]. The summed E-state index contributed by atoms with van der Waals surface area (Å²) in [5.41, 5.74) is 0. The van der Waals surface area contributed by atoms with Crippen molar-refractivity contribution in [3.63, 3.8) is 0 Å². The van der Waals surface area contributed by atoms with Crippen LogP contribution in [0.25, 0.3) is 0 Å². The van der Waals surface area contributed by atoms with E-state index in [9.17, 15) is 0 Å². The van der Waals surface area contributed by atoms with Gasteiger partial charge in [-0.05, 0) is 0 Å². The summed E-state index contributed by atoms with van der Waals surface area (Å²) in [5.74, 6) is 0. The Balaban J connectivity index is -0.0000000286. The van der Waals surface area contributed by atoms with Gasteiger partial charge in [-0.15, -0.1) is 0 Å². The van der Waals surface area contributed by atoms with E-state index in [4.69, 9.17) is 17.5 Å². The molecule has 8 N–H and O–H groups in total. The third kappa shape index (κ3) is 4100. The van der Waals surface area contributed by atoms with Crippen molar-refractivity contribution in [1.29, 1.82) is 0 Å². The Morgan fingerprint density at radius 1 is 1.11 bits per heavy atom. The van der Waals surface area contributed by atoms with E-state index in [1.54, 1.807) is 0 Å². The van der Waals surface area contributed by atoms with Gasteiger partial charge in [0.25, 0.3) is 0 Å². The van der Waals surface area contributed by atoms with Crippen LogP contribution in [-0.2, 0) is 10.4 Å². The molecule has 7 nitrogen and oxygen atoms in total. The Kier molecular flexibility index (Phi) is 28.2. The van der Waals surface area contributed by atoms with Crippen LogP contribution in [-0.4, -0.2) is 45.0 Å². The Labute approximate surface area is 60.7 Å². The summed E-state index contributed by atoms with van der Waals surface area (Å²) in [6, 6.07) is 0. The first-order valence-electron chi connectivity index (χ1n) is 1.28. The van der Waals surface area contributed by atoms with Crippen LogP contribution in [0.15, 0.2) is 0 Å². The normalized spacial score (nSPS) is 7.00. The molecule has 0 aromatic carbocycles. The van der Waals surface area contributed by atoms with Crippen molar-refractivity contribution in [2.24, 2.45) is 4.72 Å². The summed E-state index contributed by atoms with van der Waals surface area (Å²) in [5, 5.41) is 0. The number of rotatable bonds is 0. The third-order valence-electron chi connectivity index (χ3n) is 0. The van der Waals surface area contributed by atoms with E-state index in [0.29, 0.717) is 0 Å². The second kappa shape index (κ2) is 11.1. The molecule has 0 aromatic rings. The number of hydrogen-bond acceptors (Lipinski definition) is 3. The van der Waals surface area contributed by atoms with Gasteiger partial charge in [0.1, 0.15) is 0 Å². The van der Waals surface area contributed by atoms with E-state index in [1.165, 1.54) is 0 Å². The second-order valence-electron chi connectivity index (χ2n) is 0.448. The zero-order chi connectivity index (χ0) is 6.50. The highest BCUT2D eigenvalue weighted by molar-refractivity contribution is 7.79. The Bertz CT molecular complexity index is 96.2. The minimum absolute atomic E-state index is 0. The molecule has 9 heavy (non-hydrogen) atoms. The molecule has 9 heteroatoms. The standard InChI is InChI=1S/Al.H2N.H2O4S.2H2O.2H/c;;1-5(2,3)4;;;;/h;1H2;(H2,1,2,3,4);2*1H2;;/q+1;-1;;;;;. The molecule has 0 unspecified atom stereocenters. The van der Waals surface area contributed by atoms with Crippen LogP contribution in [0.2, 0.25) is 0 Å². The molecule has 0 aromatic heterocycles. The lowest BCUT2D eigenvalue weighted by Crippen LogP contribution is -1.89. The summed E-state index contributed by atoms with van der Waals surface area (Å²) in [7, 11) is -4.67. The molecule has 0 amide bonds. The van der Waals surface area contributed by atoms with Crippen molar-refractivity contribution < 1.29 is 28.5 Å². The van der Waals surface area contributed by atoms with Crippen LogP contribution in [0.4, 0.5) is 0 Å². The van der Waals surface area contributed by atoms with E-state index in [1.807, 2.05) is 0 Å². The molecule has 0 aliphatic carbocycles. The monoisotopic (exact) mass is 179 g/mol. The van der Waals surface area contributed by atoms with E-state index < -0.39 is 10.4 Å². The van der Waals surface area contributed by atoms with Gasteiger partial charge < -0.3 is 15.7 Å². The maximum absolute atomic E-state index is 8.74. The van der Waals surface area contributed by atoms with Gasteiger partial charge in [-0.2, -0.15) is 8.42 Å². The van der Waals surface area contributed by atoms with Crippen LogP contribution in [0.5, 0.6) is 0 Å². The largest absolute Gasteiger partial charge is 0.418 e. The fraction of sp³-hybridized carbons (Fsp3) is 0. The number of nitrogens with two attached hydrogens (primary N) is 1. The minimum Gasteiger partial charge on any atom is -0.418 e. The molecule has 60 valence electrons. The molecular formula is H10AlNO6S. The number of hydrogen-bond donors (Lipinski definition) is 3. The summed E-state index contributed by atoms with van der Waals surface area (Å²) in [4.78, 5) is 0. The average Bonchev–Trinajstić information content (AvgIpc) is 1.36. The fourth-order valence-electron chi connectivity index (χ4n) is 0. The van der Waals surface area contributed by atoms with Gasteiger partial charge in [-0.1, -0.05) is 0 Å². The predicted octanol–water partition coefficient (Wildman–Crippen LogP) is -3.81. The molecule has 0 radical (unpaired) electrons. The maximum atomic E-state index is 8.74. The first-order chi connectivity index (χ1) is 3.00. The van der Waals surface area contributed by atoms with Gasteiger partial charge in [0.05, 0.1) is 0 Å². The highest BCUT2D eigenvalue weighted by Gasteiger charge is 1.84. The molecule has 0 heterocycles. The first-order valence-corrected chi connectivity index (χ1v) is 3.83. The van der Waals surface area contributed by atoms with Gasteiger partial charge in [-0.3, -0.25) is 9.11 Å². The highest BCUT2D eigenvalue weighted by Crippen LogP contribution is 1.59. The average molecular weight is 179 g/mol. The van der Waals surface area contributed by atoms with Crippen molar-refractivity contribution >= 4 is 26.9 Å². The topological polar surface area (TPSA) is 164 Å². The molecule has 0 aliphatic rings.